The maximum atomic E-state index is 4.53. The second-order valence-corrected chi connectivity index (χ2v) is 1.84. The van der Waals surface area contributed by atoms with Crippen LogP contribution in [0.2, 0.25) is 0 Å². The number of hydrogen-bond donors (Lipinski definition) is 0. The third-order valence-corrected chi connectivity index (χ3v) is 1.07. The van der Waals surface area contributed by atoms with E-state index in [4.69, 9.17) is 0 Å². The molecule has 0 radical (unpaired) electrons. The minimum atomic E-state index is 0. The van der Waals surface area contributed by atoms with Crippen molar-refractivity contribution >= 4 is 0 Å². The van der Waals surface area contributed by atoms with Gasteiger partial charge in [0.15, 0.2) is 0 Å². The molecule has 0 aromatic carbocycles. The molecule has 1 aliphatic carbocycles. The van der Waals surface area contributed by atoms with Gasteiger partial charge in [-0.15, -0.1) is 0 Å². The van der Waals surface area contributed by atoms with Gasteiger partial charge in [0.05, 0.1) is 0 Å². The van der Waals surface area contributed by atoms with E-state index in [-0.39, 0.29) is 19.5 Å². The number of rotatable bonds is 0. The molecular formula is C5H5NiRu. The summed E-state index contributed by atoms with van der Waals surface area (Å²) < 4.78 is 1.09. The first-order valence-corrected chi connectivity index (χ1v) is 2.37. The Kier molecular flexibility index (Phi) is 3.89. The minimum absolute atomic E-state index is 0. The van der Waals surface area contributed by atoms with E-state index in [0.29, 0.717) is 0 Å². The van der Waals surface area contributed by atoms with Crippen LogP contribution in [0.1, 0.15) is 6.42 Å². The summed E-state index contributed by atoms with van der Waals surface area (Å²) in [6.45, 7) is 0. The molecule has 0 heterocycles. The zero-order valence-corrected chi connectivity index (χ0v) is 6.33. The van der Waals surface area contributed by atoms with E-state index < -0.39 is 0 Å². The normalized spacial score (nSPS) is 16.0. The van der Waals surface area contributed by atoms with E-state index in [9.17, 15) is 0 Å². The Morgan fingerprint density at radius 2 is 2.29 bits per heavy atom. The average Bonchev–Trinajstić information content (AvgIpc) is 1.86. The van der Waals surface area contributed by atoms with Crippen molar-refractivity contribution in [2.75, 3.05) is 0 Å². The predicted molar refractivity (Wildman–Crippen MR) is 21.8 cm³/mol. The van der Waals surface area contributed by atoms with Crippen molar-refractivity contribution in [2.24, 2.45) is 0 Å². The Bertz CT molecular complexity index is 105. The van der Waals surface area contributed by atoms with Gasteiger partial charge in [0.25, 0.3) is 0 Å². The standard InChI is InChI=1S/C5H5.Ni.Ru/c1-2-4-5-3-1;;/h1-3H,4H2;;. The molecule has 0 spiro atoms. The molecule has 0 amide bonds. The molecule has 0 aromatic heterocycles. The van der Waals surface area contributed by atoms with Crippen LogP contribution < -0.4 is 0 Å². The van der Waals surface area contributed by atoms with Gasteiger partial charge >= 0.3 is 44.7 Å². The average molecular weight is 225 g/mol. The molecule has 0 unspecified atom stereocenters. The summed E-state index contributed by atoms with van der Waals surface area (Å²) in [5.41, 5.74) is 0. The molecule has 0 nitrogen and oxygen atoms in total. The Hall–Kier alpha value is 0.597. The van der Waals surface area contributed by atoms with Crippen LogP contribution >= 0.6 is 0 Å². The van der Waals surface area contributed by atoms with Crippen LogP contribution in [0, 0.1) is 0 Å². The van der Waals surface area contributed by atoms with Crippen molar-refractivity contribution in [1.82, 2.24) is 0 Å². The molecule has 0 N–H and O–H groups in total. The van der Waals surface area contributed by atoms with Crippen molar-refractivity contribution in [3.63, 3.8) is 0 Å². The van der Waals surface area contributed by atoms with Crippen LogP contribution in [0.4, 0.5) is 0 Å². The molecule has 2 heteroatoms. The summed E-state index contributed by atoms with van der Waals surface area (Å²) in [6.07, 6.45) is 7.04. The molecule has 1 aliphatic rings. The van der Waals surface area contributed by atoms with E-state index in [1.807, 2.05) is 12.2 Å². The molecule has 0 fully saturated rings. The SMILES string of the molecule is [Ni][C]1=CC=CC1.[Ru]. The van der Waals surface area contributed by atoms with E-state index in [0.717, 1.165) is 11.0 Å². The summed E-state index contributed by atoms with van der Waals surface area (Å²) >= 11 is 4.53. The van der Waals surface area contributed by atoms with Crippen LogP contribution in [-0.2, 0) is 34.9 Å². The molecule has 0 saturated heterocycles. The molecular weight excluding hydrogens is 220 g/mol. The summed E-state index contributed by atoms with van der Waals surface area (Å²) in [6, 6.07) is 0. The predicted octanol–water partition coefficient (Wildman–Crippen LogP) is 1.37. The fourth-order valence-corrected chi connectivity index (χ4v) is 0.619. The van der Waals surface area contributed by atoms with E-state index in [2.05, 4.69) is 21.5 Å². The van der Waals surface area contributed by atoms with Crippen molar-refractivity contribution in [3.05, 3.63) is 22.8 Å². The third-order valence-electron chi connectivity index (χ3n) is 0.703. The molecule has 1 rings (SSSR count). The number of allylic oxidation sites excluding steroid dienone is 4. The van der Waals surface area contributed by atoms with E-state index in [1.165, 1.54) is 0 Å². The molecule has 43 valence electrons. The Labute approximate surface area is 64.2 Å². The van der Waals surface area contributed by atoms with Gasteiger partial charge < -0.3 is 0 Å². The van der Waals surface area contributed by atoms with Crippen LogP contribution in [0.5, 0.6) is 0 Å². The van der Waals surface area contributed by atoms with Crippen molar-refractivity contribution in [1.29, 1.82) is 0 Å². The van der Waals surface area contributed by atoms with Crippen LogP contribution in [0.15, 0.2) is 22.8 Å². The smallest absolute Gasteiger partial charge is 0 e. The molecule has 0 atom stereocenters. The molecule has 0 bridgehead atoms. The van der Waals surface area contributed by atoms with Crippen LogP contribution in [-0.4, -0.2) is 0 Å². The van der Waals surface area contributed by atoms with Crippen molar-refractivity contribution in [3.8, 4) is 0 Å². The molecule has 0 aromatic rings. The third kappa shape index (κ3) is 2.42. The summed E-state index contributed by atoms with van der Waals surface area (Å²) in [4.78, 5) is 0. The quantitative estimate of drug-likeness (QED) is 0.546. The largest absolute Gasteiger partial charge is 0 e. The van der Waals surface area contributed by atoms with Gasteiger partial charge in [-0.05, 0) is 0 Å². The molecule has 0 aliphatic heterocycles. The van der Waals surface area contributed by atoms with Crippen molar-refractivity contribution < 1.29 is 34.9 Å². The van der Waals surface area contributed by atoms with Gasteiger partial charge in [0.2, 0.25) is 0 Å². The molecule has 7 heavy (non-hydrogen) atoms. The second kappa shape index (κ2) is 3.58. The van der Waals surface area contributed by atoms with Gasteiger partial charge in [0, 0.05) is 19.5 Å². The second-order valence-electron chi connectivity index (χ2n) is 1.21. The topological polar surface area (TPSA) is 0 Å². The van der Waals surface area contributed by atoms with E-state index in [1.54, 1.807) is 0 Å². The fraction of sp³-hybridized carbons (Fsp3) is 0.200. The first-order valence-electron chi connectivity index (χ1n) is 1.88. The maximum absolute atomic E-state index is 4.53. The summed E-state index contributed by atoms with van der Waals surface area (Å²) in [7, 11) is 0. The van der Waals surface area contributed by atoms with Crippen molar-refractivity contribution in [2.45, 2.75) is 6.42 Å². The monoisotopic (exact) mass is 225 g/mol. The van der Waals surface area contributed by atoms with Crippen LogP contribution in [0.3, 0.4) is 0 Å². The molecule has 0 saturated carbocycles. The Morgan fingerprint density at radius 1 is 1.57 bits per heavy atom. The van der Waals surface area contributed by atoms with Gasteiger partial charge in [-0.3, -0.25) is 0 Å². The van der Waals surface area contributed by atoms with Gasteiger partial charge in [0.1, 0.15) is 0 Å². The summed E-state index contributed by atoms with van der Waals surface area (Å²) in [5, 5.41) is 0. The van der Waals surface area contributed by atoms with E-state index >= 15 is 0 Å². The fourth-order valence-electron chi connectivity index (χ4n) is 0.408. The van der Waals surface area contributed by atoms with Gasteiger partial charge in [-0.1, -0.05) is 0 Å². The Balaban J connectivity index is 0.000000360. The Morgan fingerprint density at radius 3 is 2.43 bits per heavy atom. The van der Waals surface area contributed by atoms with Crippen LogP contribution in [0.25, 0.3) is 0 Å². The zero-order chi connectivity index (χ0) is 4.41. The minimum Gasteiger partial charge on any atom is 0 e. The first kappa shape index (κ1) is 7.60. The first-order chi connectivity index (χ1) is 2.89. The number of hydrogen-bond acceptors (Lipinski definition) is 0. The van der Waals surface area contributed by atoms with Gasteiger partial charge in [-0.2, -0.15) is 0 Å². The van der Waals surface area contributed by atoms with Gasteiger partial charge in [-0.25, -0.2) is 0 Å². The maximum Gasteiger partial charge on any atom is 0 e. The zero-order valence-electron chi connectivity index (χ0n) is 3.61. The summed E-state index contributed by atoms with van der Waals surface area (Å²) in [5.74, 6) is 0.